The maximum absolute atomic E-state index is 13.4. The number of rotatable bonds is 6. The number of halogens is 1. The van der Waals surface area contributed by atoms with Crippen molar-refractivity contribution >= 4 is 23.7 Å². The van der Waals surface area contributed by atoms with Crippen molar-refractivity contribution in [2.24, 2.45) is 0 Å². The van der Waals surface area contributed by atoms with Gasteiger partial charge in [0.1, 0.15) is 5.82 Å². The van der Waals surface area contributed by atoms with E-state index in [0.29, 0.717) is 16.7 Å². The molecule has 10 heteroatoms. The summed E-state index contributed by atoms with van der Waals surface area (Å²) in [5.41, 5.74) is 0.241. The van der Waals surface area contributed by atoms with E-state index in [1.54, 1.807) is 16.7 Å². The van der Waals surface area contributed by atoms with Crippen LogP contribution >= 0.6 is 11.8 Å². The van der Waals surface area contributed by atoms with Crippen LogP contribution in [-0.4, -0.2) is 57.0 Å². The number of aromatic nitrogens is 3. The molecule has 0 saturated carbocycles. The Morgan fingerprint density at radius 3 is 2.38 bits per heavy atom. The van der Waals surface area contributed by atoms with Crippen LogP contribution in [0, 0.1) is 5.82 Å². The molecule has 0 spiro atoms. The molecule has 0 aliphatic heterocycles. The fourth-order valence-corrected chi connectivity index (χ4v) is 3.13. The SMILES string of the molecule is C[C@H](c1nnc(SCC(=O)NC(=O)NC(C)(C)C)n1-c1ccc(F)cc1)N(C)C. The van der Waals surface area contributed by atoms with Gasteiger partial charge in [-0.15, -0.1) is 10.2 Å². The van der Waals surface area contributed by atoms with E-state index in [4.69, 9.17) is 0 Å². The van der Waals surface area contributed by atoms with Crippen LogP contribution in [0.25, 0.3) is 5.69 Å². The molecule has 1 atom stereocenters. The molecule has 29 heavy (non-hydrogen) atoms. The van der Waals surface area contributed by atoms with Crippen molar-refractivity contribution in [1.29, 1.82) is 0 Å². The van der Waals surface area contributed by atoms with E-state index in [1.165, 1.54) is 12.1 Å². The smallest absolute Gasteiger partial charge is 0.321 e. The highest BCUT2D eigenvalue weighted by molar-refractivity contribution is 7.99. The largest absolute Gasteiger partial charge is 0.333 e. The molecule has 0 aliphatic carbocycles. The van der Waals surface area contributed by atoms with Gasteiger partial charge in [-0.2, -0.15) is 0 Å². The number of carbonyl (C=O) groups is 2. The third-order valence-electron chi connectivity index (χ3n) is 3.97. The van der Waals surface area contributed by atoms with Crippen molar-refractivity contribution in [3.05, 3.63) is 35.9 Å². The molecule has 0 bridgehead atoms. The molecule has 1 aromatic carbocycles. The Bertz CT molecular complexity index is 861. The summed E-state index contributed by atoms with van der Waals surface area (Å²) in [5.74, 6) is -0.155. The van der Waals surface area contributed by atoms with Gasteiger partial charge in [-0.1, -0.05) is 11.8 Å². The summed E-state index contributed by atoms with van der Waals surface area (Å²) in [7, 11) is 3.84. The van der Waals surface area contributed by atoms with Crippen LogP contribution in [0.5, 0.6) is 0 Å². The maximum Gasteiger partial charge on any atom is 0.321 e. The first-order chi connectivity index (χ1) is 13.5. The standard InChI is InChI=1S/C19H27FN6O2S/c1-12(25(5)6)16-23-24-18(26(16)14-9-7-13(20)8-10-14)29-11-15(27)21-17(28)22-19(2,3)4/h7-10,12H,11H2,1-6H3,(H2,21,22,27,28)/t12-/m1/s1. The Morgan fingerprint density at radius 2 is 1.83 bits per heavy atom. The zero-order chi connectivity index (χ0) is 21.8. The molecular weight excluding hydrogens is 395 g/mol. The fourth-order valence-electron chi connectivity index (χ4n) is 2.37. The highest BCUT2D eigenvalue weighted by Gasteiger charge is 2.22. The number of amides is 3. The minimum absolute atomic E-state index is 0.0206. The van der Waals surface area contributed by atoms with Crippen LogP contribution in [-0.2, 0) is 4.79 Å². The first kappa shape index (κ1) is 22.8. The Kier molecular flexibility index (Phi) is 7.37. The van der Waals surface area contributed by atoms with E-state index >= 15 is 0 Å². The number of urea groups is 1. The molecule has 8 nitrogen and oxygen atoms in total. The lowest BCUT2D eigenvalue weighted by Gasteiger charge is -2.21. The Labute approximate surface area is 174 Å². The summed E-state index contributed by atoms with van der Waals surface area (Å²) in [6.07, 6.45) is 0. The number of nitrogens with zero attached hydrogens (tertiary/aromatic N) is 4. The van der Waals surface area contributed by atoms with Crippen molar-refractivity contribution < 1.29 is 14.0 Å². The average molecular weight is 423 g/mol. The average Bonchev–Trinajstić information content (AvgIpc) is 3.02. The van der Waals surface area contributed by atoms with E-state index in [2.05, 4.69) is 20.8 Å². The van der Waals surface area contributed by atoms with Crippen molar-refractivity contribution in [2.75, 3.05) is 19.8 Å². The number of imide groups is 1. The van der Waals surface area contributed by atoms with Crippen LogP contribution in [0.1, 0.15) is 39.6 Å². The van der Waals surface area contributed by atoms with Crippen molar-refractivity contribution in [3.63, 3.8) is 0 Å². The number of nitrogens with one attached hydrogen (secondary N) is 2. The van der Waals surface area contributed by atoms with Gasteiger partial charge in [-0.25, -0.2) is 9.18 Å². The Hall–Kier alpha value is -2.46. The molecule has 158 valence electrons. The van der Waals surface area contributed by atoms with E-state index in [9.17, 15) is 14.0 Å². The molecule has 0 saturated heterocycles. The number of benzene rings is 1. The summed E-state index contributed by atoms with van der Waals surface area (Å²) in [6.45, 7) is 7.45. The van der Waals surface area contributed by atoms with Crippen LogP contribution in [0.2, 0.25) is 0 Å². The second-order valence-corrected chi connectivity index (χ2v) is 8.78. The number of hydrogen-bond donors (Lipinski definition) is 2. The second kappa shape index (κ2) is 9.36. The molecular formula is C19H27FN6O2S. The minimum atomic E-state index is -0.551. The maximum atomic E-state index is 13.4. The number of hydrogen-bond acceptors (Lipinski definition) is 6. The summed E-state index contributed by atoms with van der Waals surface area (Å²) < 4.78 is 15.2. The van der Waals surface area contributed by atoms with Gasteiger partial charge in [-0.05, 0) is 66.1 Å². The van der Waals surface area contributed by atoms with Gasteiger partial charge in [-0.3, -0.25) is 19.6 Å². The molecule has 0 unspecified atom stereocenters. The molecule has 1 aromatic heterocycles. The number of thioether (sulfide) groups is 1. The van der Waals surface area contributed by atoms with Crippen LogP contribution in [0.4, 0.5) is 9.18 Å². The predicted molar refractivity (Wildman–Crippen MR) is 111 cm³/mol. The lowest BCUT2D eigenvalue weighted by atomic mass is 10.1. The molecule has 0 aliphatic rings. The molecule has 2 aromatic rings. The molecule has 3 amide bonds. The summed E-state index contributed by atoms with van der Waals surface area (Å²) in [5, 5.41) is 13.9. The topological polar surface area (TPSA) is 92.1 Å². The molecule has 0 radical (unpaired) electrons. The first-order valence-corrected chi connectivity index (χ1v) is 10.1. The van der Waals surface area contributed by atoms with Gasteiger partial charge in [0.05, 0.1) is 11.8 Å². The molecule has 1 heterocycles. The van der Waals surface area contributed by atoms with E-state index < -0.39 is 17.5 Å². The number of carbonyl (C=O) groups excluding carboxylic acids is 2. The highest BCUT2D eigenvalue weighted by Crippen LogP contribution is 2.26. The minimum Gasteiger partial charge on any atom is -0.333 e. The van der Waals surface area contributed by atoms with Crippen LogP contribution in [0.3, 0.4) is 0 Å². The molecule has 2 N–H and O–H groups in total. The predicted octanol–water partition coefficient (Wildman–Crippen LogP) is 2.75. The lowest BCUT2D eigenvalue weighted by Crippen LogP contribution is -2.48. The van der Waals surface area contributed by atoms with Crippen molar-refractivity contribution in [2.45, 2.75) is 44.4 Å². The van der Waals surface area contributed by atoms with E-state index in [1.807, 2.05) is 46.7 Å². The van der Waals surface area contributed by atoms with Crippen LogP contribution in [0.15, 0.2) is 29.4 Å². The highest BCUT2D eigenvalue weighted by atomic mass is 32.2. The second-order valence-electron chi connectivity index (χ2n) is 7.83. The van der Waals surface area contributed by atoms with Crippen LogP contribution < -0.4 is 10.6 Å². The van der Waals surface area contributed by atoms with Gasteiger partial charge >= 0.3 is 6.03 Å². The zero-order valence-corrected chi connectivity index (χ0v) is 18.3. The van der Waals surface area contributed by atoms with Crippen molar-refractivity contribution in [1.82, 2.24) is 30.3 Å². The monoisotopic (exact) mass is 422 g/mol. The van der Waals surface area contributed by atoms with Gasteiger partial charge in [0, 0.05) is 11.2 Å². The summed E-state index contributed by atoms with van der Waals surface area (Å²) in [6, 6.07) is 5.37. The summed E-state index contributed by atoms with van der Waals surface area (Å²) >= 11 is 1.15. The third kappa shape index (κ3) is 6.53. The van der Waals surface area contributed by atoms with E-state index in [-0.39, 0.29) is 17.6 Å². The zero-order valence-electron chi connectivity index (χ0n) is 17.5. The fraction of sp³-hybridized carbons (Fsp3) is 0.474. The third-order valence-corrected chi connectivity index (χ3v) is 4.89. The van der Waals surface area contributed by atoms with Gasteiger partial charge in [0.25, 0.3) is 0 Å². The summed E-state index contributed by atoms with van der Waals surface area (Å²) in [4.78, 5) is 26.0. The van der Waals surface area contributed by atoms with Crippen molar-refractivity contribution in [3.8, 4) is 5.69 Å². The van der Waals surface area contributed by atoms with Gasteiger partial charge < -0.3 is 5.32 Å². The van der Waals surface area contributed by atoms with E-state index in [0.717, 1.165) is 11.8 Å². The Morgan fingerprint density at radius 1 is 1.21 bits per heavy atom. The molecule has 0 fully saturated rings. The lowest BCUT2D eigenvalue weighted by molar-refractivity contribution is -0.117. The quantitative estimate of drug-likeness (QED) is 0.696. The molecule has 2 rings (SSSR count). The normalized spacial score (nSPS) is 12.7. The van der Waals surface area contributed by atoms with Gasteiger partial charge in [0.15, 0.2) is 11.0 Å². The van der Waals surface area contributed by atoms with Gasteiger partial charge in [0.2, 0.25) is 5.91 Å². The first-order valence-electron chi connectivity index (χ1n) is 9.10. The Balaban J connectivity index is 2.19.